The highest BCUT2D eigenvalue weighted by atomic mass is 17.2. The zero-order valence-corrected chi connectivity index (χ0v) is 9.40. The van der Waals surface area contributed by atoms with Crippen LogP contribution < -0.4 is 11.5 Å². The van der Waals surface area contributed by atoms with Crippen molar-refractivity contribution in [2.24, 2.45) is 11.5 Å². The predicted molar refractivity (Wildman–Crippen MR) is 57.9 cm³/mol. The summed E-state index contributed by atoms with van der Waals surface area (Å²) in [4.78, 5) is 30.5. The third-order valence-corrected chi connectivity index (χ3v) is 1.82. The second kappa shape index (κ2) is 7.84. The van der Waals surface area contributed by atoms with Gasteiger partial charge in [0.2, 0.25) is 0 Å². The minimum Gasteiger partial charge on any atom is -0.330 e. The van der Waals surface area contributed by atoms with Crippen molar-refractivity contribution >= 4 is 11.9 Å². The summed E-state index contributed by atoms with van der Waals surface area (Å²) in [6.45, 7) is 5.32. The lowest BCUT2D eigenvalue weighted by molar-refractivity contribution is -0.256. The summed E-state index contributed by atoms with van der Waals surface area (Å²) in [6.07, 6.45) is 1.95. The first kappa shape index (κ1) is 14.6. The summed E-state index contributed by atoms with van der Waals surface area (Å²) in [5.74, 6) is -1.56. The third kappa shape index (κ3) is 6.15. The standard InChI is InChI=1S/C10H18N2O4/c1-7(2)9(13)15-16-10(14)8(12)5-3-4-6-11/h8H,1,3-6,11-12H2,2H3. The Morgan fingerprint density at radius 3 is 2.44 bits per heavy atom. The van der Waals surface area contributed by atoms with Gasteiger partial charge in [0.15, 0.2) is 0 Å². The molecule has 0 aromatic carbocycles. The molecule has 0 saturated heterocycles. The van der Waals surface area contributed by atoms with Gasteiger partial charge in [-0.25, -0.2) is 19.4 Å². The van der Waals surface area contributed by atoms with E-state index in [9.17, 15) is 9.59 Å². The van der Waals surface area contributed by atoms with Crippen molar-refractivity contribution in [3.8, 4) is 0 Å². The predicted octanol–water partition coefficient (Wildman–Crippen LogP) is 0.0202. The van der Waals surface area contributed by atoms with E-state index >= 15 is 0 Å². The molecule has 0 bridgehead atoms. The van der Waals surface area contributed by atoms with Gasteiger partial charge in [-0.2, -0.15) is 0 Å². The molecule has 0 aromatic heterocycles. The maximum Gasteiger partial charge on any atom is 0.381 e. The fraction of sp³-hybridized carbons (Fsp3) is 0.600. The van der Waals surface area contributed by atoms with Crippen molar-refractivity contribution in [1.82, 2.24) is 0 Å². The summed E-state index contributed by atoms with van der Waals surface area (Å²) in [6, 6.07) is -0.801. The van der Waals surface area contributed by atoms with E-state index in [-0.39, 0.29) is 5.57 Å². The van der Waals surface area contributed by atoms with Crippen LogP contribution in [0.3, 0.4) is 0 Å². The molecule has 0 amide bonds. The molecule has 1 unspecified atom stereocenters. The number of carbonyl (C=O) groups excluding carboxylic acids is 2. The lowest BCUT2D eigenvalue weighted by atomic mass is 10.1. The van der Waals surface area contributed by atoms with Crippen LogP contribution in [0.1, 0.15) is 26.2 Å². The zero-order valence-electron chi connectivity index (χ0n) is 9.40. The molecule has 0 rings (SSSR count). The van der Waals surface area contributed by atoms with Gasteiger partial charge >= 0.3 is 11.9 Å². The number of rotatable bonds is 6. The van der Waals surface area contributed by atoms with Gasteiger partial charge < -0.3 is 11.5 Å². The molecular formula is C10H18N2O4. The van der Waals surface area contributed by atoms with Crippen LogP contribution in [0.15, 0.2) is 12.2 Å². The molecule has 0 radical (unpaired) electrons. The average Bonchev–Trinajstić information content (AvgIpc) is 2.25. The Morgan fingerprint density at radius 2 is 1.94 bits per heavy atom. The zero-order chi connectivity index (χ0) is 12.6. The first-order valence-electron chi connectivity index (χ1n) is 5.03. The van der Waals surface area contributed by atoms with E-state index in [2.05, 4.69) is 16.4 Å². The Hall–Kier alpha value is -1.40. The molecule has 16 heavy (non-hydrogen) atoms. The smallest absolute Gasteiger partial charge is 0.330 e. The molecule has 0 fully saturated rings. The molecule has 0 aliphatic heterocycles. The molecule has 6 heteroatoms. The van der Waals surface area contributed by atoms with Gasteiger partial charge in [0.1, 0.15) is 6.04 Å². The van der Waals surface area contributed by atoms with Crippen LogP contribution >= 0.6 is 0 Å². The Balaban J connectivity index is 3.79. The van der Waals surface area contributed by atoms with Gasteiger partial charge in [-0.15, -0.1) is 0 Å². The Labute approximate surface area is 94.5 Å². The molecular weight excluding hydrogens is 212 g/mol. The molecule has 0 spiro atoms. The van der Waals surface area contributed by atoms with Crippen molar-refractivity contribution in [2.75, 3.05) is 6.54 Å². The van der Waals surface area contributed by atoms with E-state index in [1.165, 1.54) is 6.92 Å². The number of hydrogen-bond acceptors (Lipinski definition) is 6. The van der Waals surface area contributed by atoms with E-state index in [0.29, 0.717) is 13.0 Å². The maximum atomic E-state index is 11.2. The van der Waals surface area contributed by atoms with E-state index in [1.807, 2.05) is 0 Å². The van der Waals surface area contributed by atoms with Crippen molar-refractivity contribution in [1.29, 1.82) is 0 Å². The summed E-state index contributed by atoms with van der Waals surface area (Å²) >= 11 is 0. The van der Waals surface area contributed by atoms with E-state index in [0.717, 1.165) is 12.8 Å². The largest absolute Gasteiger partial charge is 0.381 e. The van der Waals surface area contributed by atoms with Gasteiger partial charge in [-0.3, -0.25) is 0 Å². The van der Waals surface area contributed by atoms with Crippen LogP contribution in [0.2, 0.25) is 0 Å². The fourth-order valence-corrected chi connectivity index (χ4v) is 0.838. The second-order valence-corrected chi connectivity index (χ2v) is 3.44. The molecule has 4 N–H and O–H groups in total. The summed E-state index contributed by atoms with van der Waals surface area (Å²) < 4.78 is 0. The van der Waals surface area contributed by atoms with E-state index < -0.39 is 18.0 Å². The topological polar surface area (TPSA) is 105 Å². The third-order valence-electron chi connectivity index (χ3n) is 1.82. The van der Waals surface area contributed by atoms with Crippen LogP contribution in [-0.4, -0.2) is 24.5 Å². The van der Waals surface area contributed by atoms with Gasteiger partial charge in [0.05, 0.1) is 0 Å². The number of nitrogens with two attached hydrogens (primary N) is 2. The van der Waals surface area contributed by atoms with Crippen LogP contribution in [0, 0.1) is 0 Å². The quantitative estimate of drug-likeness (QED) is 0.288. The first-order valence-corrected chi connectivity index (χ1v) is 5.03. The number of carbonyl (C=O) groups is 2. The lowest BCUT2D eigenvalue weighted by Gasteiger charge is -2.08. The molecule has 0 aliphatic carbocycles. The minimum absolute atomic E-state index is 0.143. The van der Waals surface area contributed by atoms with Crippen LogP contribution in [0.25, 0.3) is 0 Å². The molecule has 0 aromatic rings. The minimum atomic E-state index is -0.801. The highest BCUT2D eigenvalue weighted by molar-refractivity contribution is 5.87. The van der Waals surface area contributed by atoms with Crippen molar-refractivity contribution in [2.45, 2.75) is 32.2 Å². The molecule has 92 valence electrons. The highest BCUT2D eigenvalue weighted by Crippen LogP contribution is 2.01. The molecule has 1 atom stereocenters. The Morgan fingerprint density at radius 1 is 1.31 bits per heavy atom. The Kier molecular flexibility index (Phi) is 7.15. The summed E-state index contributed by atoms with van der Waals surface area (Å²) in [5.41, 5.74) is 10.9. The lowest BCUT2D eigenvalue weighted by Crippen LogP contribution is -2.33. The SMILES string of the molecule is C=C(C)C(=O)OOC(=O)C(N)CCCCN. The average molecular weight is 230 g/mol. The van der Waals surface area contributed by atoms with Crippen molar-refractivity contribution < 1.29 is 19.4 Å². The highest BCUT2D eigenvalue weighted by Gasteiger charge is 2.18. The molecule has 0 aliphatic rings. The van der Waals surface area contributed by atoms with Crippen molar-refractivity contribution in [3.63, 3.8) is 0 Å². The fourth-order valence-electron chi connectivity index (χ4n) is 0.838. The number of hydrogen-bond donors (Lipinski definition) is 2. The van der Waals surface area contributed by atoms with Crippen LogP contribution in [0.5, 0.6) is 0 Å². The maximum absolute atomic E-state index is 11.2. The summed E-state index contributed by atoms with van der Waals surface area (Å²) in [7, 11) is 0. The summed E-state index contributed by atoms with van der Waals surface area (Å²) in [5, 5.41) is 0. The monoisotopic (exact) mass is 230 g/mol. The molecule has 0 heterocycles. The molecule has 6 nitrogen and oxygen atoms in total. The van der Waals surface area contributed by atoms with Crippen LogP contribution in [-0.2, 0) is 19.4 Å². The molecule has 0 saturated carbocycles. The van der Waals surface area contributed by atoms with Crippen molar-refractivity contribution in [3.05, 3.63) is 12.2 Å². The second-order valence-electron chi connectivity index (χ2n) is 3.44. The van der Waals surface area contributed by atoms with E-state index in [1.54, 1.807) is 0 Å². The van der Waals surface area contributed by atoms with Gasteiger partial charge in [-0.1, -0.05) is 13.0 Å². The van der Waals surface area contributed by atoms with Gasteiger partial charge in [-0.05, 0) is 26.3 Å². The van der Waals surface area contributed by atoms with Crippen LogP contribution in [0.4, 0.5) is 0 Å². The van der Waals surface area contributed by atoms with Gasteiger partial charge in [0.25, 0.3) is 0 Å². The normalized spacial score (nSPS) is 11.7. The van der Waals surface area contributed by atoms with E-state index in [4.69, 9.17) is 11.5 Å². The van der Waals surface area contributed by atoms with Gasteiger partial charge in [0, 0.05) is 5.57 Å². The first-order chi connectivity index (χ1) is 7.49. The number of unbranched alkanes of at least 4 members (excludes halogenated alkanes) is 1. The Bertz CT molecular complexity index is 266.